The van der Waals surface area contributed by atoms with E-state index in [4.69, 9.17) is 29.6 Å². The van der Waals surface area contributed by atoms with E-state index in [1.807, 2.05) is 0 Å². The number of hydrogen-bond acceptors (Lipinski definition) is 3. The van der Waals surface area contributed by atoms with Crippen molar-refractivity contribution in [1.82, 2.24) is 9.13 Å². The van der Waals surface area contributed by atoms with Crippen LogP contribution in [-0.4, -0.2) is 14.1 Å². The van der Waals surface area contributed by atoms with Crippen LogP contribution in [-0.2, 0) is 13.6 Å². The molecule has 0 aliphatic heterocycles. The third-order valence-corrected chi connectivity index (χ3v) is 3.49. The zero-order valence-corrected chi connectivity index (χ0v) is 12.2. The molecule has 1 aromatic heterocycles. The van der Waals surface area contributed by atoms with Crippen LogP contribution in [0.2, 0.25) is 5.02 Å². The van der Waals surface area contributed by atoms with E-state index in [9.17, 15) is 9.59 Å². The Morgan fingerprint density at radius 1 is 1.35 bits per heavy atom. The molecule has 0 bridgehead atoms. The minimum atomic E-state index is -0.396. The summed E-state index contributed by atoms with van der Waals surface area (Å²) in [5.41, 5.74) is 6.04. The number of nitrogens with zero attached hydrogens (tertiary/aromatic N) is 2. The van der Waals surface area contributed by atoms with E-state index < -0.39 is 5.69 Å². The van der Waals surface area contributed by atoms with Gasteiger partial charge < -0.3 is 10.3 Å². The highest BCUT2D eigenvalue weighted by molar-refractivity contribution is 7.80. The molecule has 20 heavy (non-hydrogen) atoms. The molecule has 5 nitrogen and oxygen atoms in total. The van der Waals surface area contributed by atoms with Gasteiger partial charge >= 0.3 is 5.69 Å². The van der Waals surface area contributed by atoms with Gasteiger partial charge in [0.25, 0.3) is 5.56 Å². The van der Waals surface area contributed by atoms with Crippen molar-refractivity contribution in [3.63, 3.8) is 0 Å². The van der Waals surface area contributed by atoms with E-state index in [2.05, 4.69) is 0 Å². The summed E-state index contributed by atoms with van der Waals surface area (Å²) in [6.07, 6.45) is 1.43. The summed E-state index contributed by atoms with van der Waals surface area (Å²) in [7, 11) is 1.58. The molecule has 0 saturated heterocycles. The Morgan fingerprint density at radius 2 is 2.05 bits per heavy atom. The zero-order chi connectivity index (χ0) is 14.9. The second kappa shape index (κ2) is 5.60. The fourth-order valence-electron chi connectivity index (χ4n) is 1.76. The summed E-state index contributed by atoms with van der Waals surface area (Å²) in [6.45, 7) is 0.1000. The molecule has 7 heteroatoms. The van der Waals surface area contributed by atoms with Crippen molar-refractivity contribution in [2.24, 2.45) is 12.8 Å². The minimum absolute atomic E-state index is 0.1000. The third-order valence-electron chi connectivity index (χ3n) is 2.91. The molecule has 1 heterocycles. The van der Waals surface area contributed by atoms with Crippen LogP contribution in [0.1, 0.15) is 11.1 Å². The quantitative estimate of drug-likeness (QED) is 0.855. The SMILES string of the molecule is Cn1ccc(=O)n(Cc2ccc(C(N)=S)cc2Cl)c1=O. The Morgan fingerprint density at radius 3 is 2.65 bits per heavy atom. The second-order valence-electron chi connectivity index (χ2n) is 4.30. The fourth-order valence-corrected chi connectivity index (χ4v) is 2.13. The highest BCUT2D eigenvalue weighted by atomic mass is 35.5. The topological polar surface area (TPSA) is 70.0 Å². The standard InChI is InChI=1S/C13H12ClN3O2S/c1-16-5-4-11(18)17(13(16)19)7-9-3-2-8(12(15)20)6-10(9)14/h2-6H,7H2,1H3,(H2,15,20). The van der Waals surface area contributed by atoms with E-state index in [-0.39, 0.29) is 17.1 Å². The molecule has 0 saturated carbocycles. The number of aromatic nitrogens is 2. The number of benzene rings is 1. The predicted molar refractivity (Wildman–Crippen MR) is 82.4 cm³/mol. The van der Waals surface area contributed by atoms with Crippen molar-refractivity contribution in [2.45, 2.75) is 6.54 Å². The van der Waals surface area contributed by atoms with Crippen LogP contribution in [0.3, 0.4) is 0 Å². The minimum Gasteiger partial charge on any atom is -0.389 e. The van der Waals surface area contributed by atoms with Crippen molar-refractivity contribution >= 4 is 28.8 Å². The molecule has 104 valence electrons. The van der Waals surface area contributed by atoms with Gasteiger partial charge in [0.05, 0.1) is 6.54 Å². The lowest BCUT2D eigenvalue weighted by Gasteiger charge is -2.09. The van der Waals surface area contributed by atoms with E-state index in [1.165, 1.54) is 16.8 Å². The van der Waals surface area contributed by atoms with E-state index in [1.54, 1.807) is 25.2 Å². The molecule has 1 aromatic carbocycles. The molecule has 0 unspecified atom stereocenters. The van der Waals surface area contributed by atoms with Gasteiger partial charge in [-0.1, -0.05) is 36.0 Å². The molecule has 0 aliphatic carbocycles. The summed E-state index contributed by atoms with van der Waals surface area (Å²) in [6, 6.07) is 6.37. The monoisotopic (exact) mass is 309 g/mol. The second-order valence-corrected chi connectivity index (χ2v) is 5.15. The summed E-state index contributed by atoms with van der Waals surface area (Å²) < 4.78 is 2.44. The molecule has 0 atom stereocenters. The largest absolute Gasteiger partial charge is 0.389 e. The molecule has 0 amide bonds. The van der Waals surface area contributed by atoms with E-state index in [0.29, 0.717) is 16.1 Å². The average Bonchev–Trinajstić information content (AvgIpc) is 2.40. The van der Waals surface area contributed by atoms with Crippen LogP contribution in [0.5, 0.6) is 0 Å². The smallest absolute Gasteiger partial charge is 0.331 e. The molecule has 0 spiro atoms. The maximum atomic E-state index is 11.9. The van der Waals surface area contributed by atoms with Gasteiger partial charge in [0.2, 0.25) is 0 Å². The van der Waals surface area contributed by atoms with Crippen LogP contribution in [0, 0.1) is 0 Å². The Balaban J connectivity index is 2.46. The number of rotatable bonds is 3. The van der Waals surface area contributed by atoms with Gasteiger partial charge in [0.15, 0.2) is 0 Å². The first-order valence-corrected chi connectivity index (χ1v) is 6.53. The number of hydrogen-bond donors (Lipinski definition) is 1. The number of nitrogens with two attached hydrogens (primary N) is 1. The third kappa shape index (κ3) is 2.81. The molecule has 2 aromatic rings. The number of aryl methyl sites for hydroxylation is 1. The molecule has 0 radical (unpaired) electrons. The molecule has 0 aliphatic rings. The van der Waals surface area contributed by atoms with Gasteiger partial charge in [-0.2, -0.15) is 0 Å². The van der Waals surface area contributed by atoms with Crippen LogP contribution in [0.4, 0.5) is 0 Å². The van der Waals surface area contributed by atoms with E-state index >= 15 is 0 Å². The van der Waals surface area contributed by atoms with Crippen LogP contribution in [0.25, 0.3) is 0 Å². The molecule has 2 rings (SSSR count). The Hall–Kier alpha value is -1.92. The summed E-state index contributed by atoms with van der Waals surface area (Å²) in [5.74, 6) is 0. The highest BCUT2D eigenvalue weighted by Crippen LogP contribution is 2.18. The first-order valence-electron chi connectivity index (χ1n) is 5.75. The maximum absolute atomic E-state index is 11.9. The summed E-state index contributed by atoms with van der Waals surface area (Å²) in [4.78, 5) is 23.9. The van der Waals surface area contributed by atoms with Gasteiger partial charge in [-0.25, -0.2) is 4.79 Å². The zero-order valence-electron chi connectivity index (χ0n) is 10.7. The highest BCUT2D eigenvalue weighted by Gasteiger charge is 2.08. The first kappa shape index (κ1) is 14.5. The van der Waals surface area contributed by atoms with Crippen molar-refractivity contribution in [3.05, 3.63) is 67.4 Å². The van der Waals surface area contributed by atoms with Gasteiger partial charge in [0.1, 0.15) is 4.99 Å². The number of thiocarbonyl (C=S) groups is 1. The van der Waals surface area contributed by atoms with Gasteiger partial charge in [-0.15, -0.1) is 0 Å². The van der Waals surface area contributed by atoms with Crippen molar-refractivity contribution < 1.29 is 0 Å². The molecule has 0 fully saturated rings. The maximum Gasteiger partial charge on any atom is 0.331 e. The van der Waals surface area contributed by atoms with Gasteiger partial charge in [0, 0.05) is 29.9 Å². The molecule has 2 N–H and O–H groups in total. The van der Waals surface area contributed by atoms with Crippen LogP contribution < -0.4 is 17.0 Å². The predicted octanol–water partition coefficient (Wildman–Crippen LogP) is 0.883. The van der Waals surface area contributed by atoms with Crippen molar-refractivity contribution in [2.75, 3.05) is 0 Å². The first-order chi connectivity index (χ1) is 9.40. The molecular weight excluding hydrogens is 298 g/mol. The lowest BCUT2D eigenvalue weighted by atomic mass is 10.1. The Labute approximate surface area is 125 Å². The summed E-state index contributed by atoms with van der Waals surface area (Å²) >= 11 is 11.0. The molecular formula is C13H12ClN3O2S. The van der Waals surface area contributed by atoms with Crippen LogP contribution >= 0.6 is 23.8 Å². The Kier molecular flexibility index (Phi) is 4.06. The average molecular weight is 310 g/mol. The van der Waals surface area contributed by atoms with Crippen LogP contribution in [0.15, 0.2) is 40.1 Å². The van der Waals surface area contributed by atoms with E-state index in [0.717, 1.165) is 4.57 Å². The van der Waals surface area contributed by atoms with Crippen molar-refractivity contribution in [3.8, 4) is 0 Å². The lowest BCUT2D eigenvalue weighted by molar-refractivity contribution is 0.639. The fraction of sp³-hybridized carbons (Fsp3) is 0.154. The lowest BCUT2D eigenvalue weighted by Crippen LogP contribution is -2.38. The number of halogens is 1. The van der Waals surface area contributed by atoms with Gasteiger partial charge in [-0.3, -0.25) is 9.36 Å². The van der Waals surface area contributed by atoms with Gasteiger partial charge in [-0.05, 0) is 11.6 Å². The van der Waals surface area contributed by atoms with Crippen molar-refractivity contribution in [1.29, 1.82) is 0 Å². The summed E-state index contributed by atoms with van der Waals surface area (Å²) in [5, 5.41) is 0.410. The normalized spacial score (nSPS) is 10.5. The Bertz CT molecular complexity index is 795.